The number of benzene rings is 1. The Morgan fingerprint density at radius 1 is 1.20 bits per heavy atom. The van der Waals surface area contributed by atoms with E-state index in [1.807, 2.05) is 13.8 Å². The van der Waals surface area contributed by atoms with E-state index in [0.717, 1.165) is 17.5 Å². The van der Waals surface area contributed by atoms with Crippen LogP contribution in [0.3, 0.4) is 0 Å². The van der Waals surface area contributed by atoms with Crippen molar-refractivity contribution in [1.82, 2.24) is 9.55 Å². The highest BCUT2D eigenvalue weighted by Crippen LogP contribution is 2.18. The van der Waals surface area contributed by atoms with Crippen molar-refractivity contribution in [3.63, 3.8) is 0 Å². The van der Waals surface area contributed by atoms with Crippen molar-refractivity contribution in [2.45, 2.75) is 13.8 Å². The van der Waals surface area contributed by atoms with Crippen LogP contribution in [0.4, 0.5) is 8.78 Å². The molecule has 0 saturated heterocycles. The Labute approximate surface area is 86.2 Å². The first-order valence-corrected chi connectivity index (χ1v) is 4.56. The fraction of sp³-hybridized carbons (Fsp3) is 0.182. The van der Waals surface area contributed by atoms with Crippen LogP contribution in [0.25, 0.3) is 5.69 Å². The van der Waals surface area contributed by atoms with Crippen molar-refractivity contribution in [2.24, 2.45) is 0 Å². The molecule has 0 atom stereocenters. The van der Waals surface area contributed by atoms with Crippen molar-refractivity contribution in [2.75, 3.05) is 0 Å². The number of hydrogen-bond donors (Lipinski definition) is 0. The van der Waals surface area contributed by atoms with Gasteiger partial charge in [-0.1, -0.05) is 6.07 Å². The summed E-state index contributed by atoms with van der Waals surface area (Å²) < 4.78 is 28.0. The molecular formula is C11H10F2N2. The summed E-state index contributed by atoms with van der Waals surface area (Å²) in [6.45, 7) is 3.63. The maximum absolute atomic E-state index is 13.5. The zero-order chi connectivity index (χ0) is 11.0. The van der Waals surface area contributed by atoms with Gasteiger partial charge in [-0.2, -0.15) is 0 Å². The summed E-state index contributed by atoms with van der Waals surface area (Å²) in [5.41, 5.74) is 1.80. The molecule has 78 valence electrons. The molecule has 0 saturated carbocycles. The predicted molar refractivity (Wildman–Crippen MR) is 53.0 cm³/mol. The Kier molecular flexibility index (Phi) is 2.26. The maximum atomic E-state index is 13.5. The van der Waals surface area contributed by atoms with Gasteiger partial charge in [0.2, 0.25) is 0 Å². The van der Waals surface area contributed by atoms with Crippen LogP contribution in [0.5, 0.6) is 0 Å². The Hall–Kier alpha value is -1.71. The summed E-state index contributed by atoms with van der Waals surface area (Å²) in [7, 11) is 0. The summed E-state index contributed by atoms with van der Waals surface area (Å²) in [5.74, 6) is -1.70. The van der Waals surface area contributed by atoms with E-state index in [9.17, 15) is 8.78 Å². The van der Waals surface area contributed by atoms with E-state index in [-0.39, 0.29) is 5.69 Å². The zero-order valence-corrected chi connectivity index (χ0v) is 8.46. The smallest absolute Gasteiger partial charge is 0.182 e. The molecule has 4 heteroatoms. The fourth-order valence-electron chi connectivity index (χ4n) is 1.42. The monoisotopic (exact) mass is 208 g/mol. The first-order chi connectivity index (χ1) is 7.11. The fourth-order valence-corrected chi connectivity index (χ4v) is 1.42. The maximum Gasteiger partial charge on any atom is 0.182 e. The molecule has 1 aromatic carbocycles. The molecule has 1 heterocycles. The molecule has 0 amide bonds. The highest BCUT2D eigenvalue weighted by atomic mass is 19.2. The van der Waals surface area contributed by atoms with Crippen LogP contribution in [0.1, 0.15) is 11.4 Å². The molecule has 0 spiro atoms. The van der Waals surface area contributed by atoms with Gasteiger partial charge in [-0.25, -0.2) is 13.8 Å². The van der Waals surface area contributed by atoms with Gasteiger partial charge in [-0.3, -0.25) is 0 Å². The minimum atomic E-state index is -0.849. The number of hydrogen-bond acceptors (Lipinski definition) is 1. The van der Waals surface area contributed by atoms with Crippen LogP contribution in [-0.4, -0.2) is 9.55 Å². The molecule has 0 radical (unpaired) electrons. The van der Waals surface area contributed by atoms with E-state index in [2.05, 4.69) is 4.98 Å². The minimum absolute atomic E-state index is 0.188. The molecule has 0 N–H and O–H groups in total. The third kappa shape index (κ3) is 1.52. The summed E-state index contributed by atoms with van der Waals surface area (Å²) in [6, 6.07) is 4.09. The topological polar surface area (TPSA) is 17.8 Å². The number of rotatable bonds is 1. The summed E-state index contributed by atoms with van der Waals surface area (Å²) in [6.07, 6.45) is 1.49. The Bertz CT molecular complexity index is 503. The van der Waals surface area contributed by atoms with Crippen LogP contribution in [0, 0.1) is 25.5 Å². The van der Waals surface area contributed by atoms with E-state index in [4.69, 9.17) is 0 Å². The lowest BCUT2D eigenvalue weighted by Crippen LogP contribution is -2.00. The largest absolute Gasteiger partial charge is 0.300 e. The number of aromatic nitrogens is 2. The summed E-state index contributed by atoms with van der Waals surface area (Å²) in [5, 5.41) is 0. The van der Waals surface area contributed by atoms with E-state index in [0.29, 0.717) is 0 Å². The van der Waals surface area contributed by atoms with Crippen molar-refractivity contribution < 1.29 is 8.78 Å². The highest BCUT2D eigenvalue weighted by Gasteiger charge is 2.11. The molecule has 15 heavy (non-hydrogen) atoms. The Morgan fingerprint density at radius 2 is 1.93 bits per heavy atom. The first kappa shape index (κ1) is 9.83. The molecule has 0 unspecified atom stereocenters. The molecule has 2 aromatic rings. The predicted octanol–water partition coefficient (Wildman–Crippen LogP) is 2.77. The average molecular weight is 208 g/mol. The second kappa shape index (κ2) is 3.46. The first-order valence-electron chi connectivity index (χ1n) is 4.56. The third-order valence-corrected chi connectivity index (χ3v) is 2.44. The highest BCUT2D eigenvalue weighted by molar-refractivity contribution is 5.36. The summed E-state index contributed by atoms with van der Waals surface area (Å²) >= 11 is 0. The van der Waals surface area contributed by atoms with E-state index >= 15 is 0 Å². The molecule has 0 aliphatic carbocycles. The van der Waals surface area contributed by atoms with Crippen LogP contribution in [0.15, 0.2) is 24.5 Å². The van der Waals surface area contributed by atoms with Crippen molar-refractivity contribution >= 4 is 0 Å². The van der Waals surface area contributed by atoms with Crippen molar-refractivity contribution in [3.05, 3.63) is 47.5 Å². The third-order valence-electron chi connectivity index (χ3n) is 2.44. The van der Waals surface area contributed by atoms with Gasteiger partial charge in [-0.05, 0) is 26.0 Å². The van der Waals surface area contributed by atoms with Gasteiger partial charge in [-0.15, -0.1) is 0 Å². The minimum Gasteiger partial charge on any atom is -0.300 e. The molecule has 0 fully saturated rings. The molecule has 1 aromatic heterocycles. The second-order valence-corrected chi connectivity index (χ2v) is 3.36. The number of nitrogens with zero attached hydrogens (tertiary/aromatic N) is 2. The lowest BCUT2D eigenvalue weighted by molar-refractivity contribution is 0.504. The molecule has 2 rings (SSSR count). The van der Waals surface area contributed by atoms with Crippen LogP contribution in [-0.2, 0) is 0 Å². The van der Waals surface area contributed by atoms with E-state index in [1.54, 1.807) is 0 Å². The van der Waals surface area contributed by atoms with Gasteiger partial charge in [0.1, 0.15) is 0 Å². The van der Waals surface area contributed by atoms with E-state index in [1.165, 1.54) is 23.0 Å². The van der Waals surface area contributed by atoms with Gasteiger partial charge in [0.05, 0.1) is 17.7 Å². The quantitative estimate of drug-likeness (QED) is 0.704. The molecule has 0 aliphatic rings. The van der Waals surface area contributed by atoms with E-state index < -0.39 is 11.6 Å². The molecule has 2 nitrogen and oxygen atoms in total. The second-order valence-electron chi connectivity index (χ2n) is 3.36. The Balaban J connectivity index is 2.64. The van der Waals surface area contributed by atoms with Gasteiger partial charge in [0.15, 0.2) is 11.6 Å². The standard InChI is InChI=1S/C11H10F2N2/c1-7-8(2)15(6-14-7)10-5-3-4-9(12)11(10)13/h3-6H,1-2H3. The molecular weight excluding hydrogens is 198 g/mol. The number of halogens is 2. The van der Waals surface area contributed by atoms with Gasteiger partial charge < -0.3 is 4.57 Å². The lowest BCUT2D eigenvalue weighted by atomic mass is 10.2. The number of imidazole rings is 1. The van der Waals surface area contributed by atoms with Crippen molar-refractivity contribution in [3.8, 4) is 5.69 Å². The van der Waals surface area contributed by atoms with Gasteiger partial charge in [0, 0.05) is 5.69 Å². The van der Waals surface area contributed by atoms with Crippen LogP contribution >= 0.6 is 0 Å². The summed E-state index contributed by atoms with van der Waals surface area (Å²) in [4.78, 5) is 4.04. The number of aryl methyl sites for hydroxylation is 1. The Morgan fingerprint density at radius 3 is 2.53 bits per heavy atom. The molecule has 0 bridgehead atoms. The van der Waals surface area contributed by atoms with Gasteiger partial charge >= 0.3 is 0 Å². The van der Waals surface area contributed by atoms with Crippen LogP contribution in [0.2, 0.25) is 0 Å². The normalized spacial score (nSPS) is 10.7. The molecule has 0 aliphatic heterocycles. The lowest BCUT2D eigenvalue weighted by Gasteiger charge is -2.06. The van der Waals surface area contributed by atoms with Crippen molar-refractivity contribution in [1.29, 1.82) is 0 Å². The zero-order valence-electron chi connectivity index (χ0n) is 8.46. The van der Waals surface area contributed by atoms with Crippen LogP contribution < -0.4 is 0 Å². The van der Waals surface area contributed by atoms with Gasteiger partial charge in [0.25, 0.3) is 0 Å². The SMILES string of the molecule is Cc1ncn(-c2cccc(F)c2F)c1C. The average Bonchev–Trinajstić information content (AvgIpc) is 2.53.